The molecule has 0 spiro atoms. The zero-order chi connectivity index (χ0) is 21.6. The highest BCUT2D eigenvalue weighted by molar-refractivity contribution is 6.03. The molecule has 3 amide bonds. The first-order valence-corrected chi connectivity index (χ1v) is 10.9. The van der Waals surface area contributed by atoms with Crippen LogP contribution in [0.2, 0.25) is 0 Å². The summed E-state index contributed by atoms with van der Waals surface area (Å²) in [6.45, 7) is 9.57. The monoisotopic (exact) mass is 411 g/mol. The summed E-state index contributed by atoms with van der Waals surface area (Å²) in [7, 11) is 1.70. The summed E-state index contributed by atoms with van der Waals surface area (Å²) >= 11 is 0. The van der Waals surface area contributed by atoms with Crippen molar-refractivity contribution in [3.05, 3.63) is 35.4 Å². The number of guanidine groups is 1. The summed E-state index contributed by atoms with van der Waals surface area (Å²) in [5, 5.41) is 6.14. The maximum absolute atomic E-state index is 12.8. The Labute approximate surface area is 178 Å². The molecule has 1 aromatic carbocycles. The van der Waals surface area contributed by atoms with E-state index in [2.05, 4.69) is 56.5 Å². The summed E-state index contributed by atoms with van der Waals surface area (Å²) < 4.78 is 0. The lowest BCUT2D eigenvalue weighted by atomic mass is 9.70. The highest BCUT2D eigenvalue weighted by Gasteiger charge is 2.49. The van der Waals surface area contributed by atoms with Crippen molar-refractivity contribution >= 4 is 17.9 Å². The third kappa shape index (κ3) is 4.02. The summed E-state index contributed by atoms with van der Waals surface area (Å²) in [5.41, 5.74) is 2.57. The van der Waals surface area contributed by atoms with E-state index in [4.69, 9.17) is 4.99 Å². The number of aryl methyl sites for hydroxylation is 1. The van der Waals surface area contributed by atoms with Crippen LogP contribution in [-0.4, -0.2) is 53.0 Å². The summed E-state index contributed by atoms with van der Waals surface area (Å²) in [6, 6.07) is 7.68. The molecule has 0 radical (unpaired) electrons. The number of nitrogens with zero attached hydrogens (tertiary/aromatic N) is 3. The Balaban J connectivity index is 1.63. The Kier molecular flexibility index (Phi) is 5.24. The van der Waals surface area contributed by atoms with Gasteiger partial charge in [0.15, 0.2) is 18.2 Å². The zero-order valence-corrected chi connectivity index (χ0v) is 18.6. The molecule has 2 aliphatic heterocycles. The fraction of sp³-hybridized carbons (Fsp3) is 0.609. The first-order valence-electron chi connectivity index (χ1n) is 10.9. The van der Waals surface area contributed by atoms with Gasteiger partial charge in [0.05, 0.1) is 0 Å². The number of nitrogens with one attached hydrogen (secondary N) is 2. The Bertz CT molecular complexity index is 880. The van der Waals surface area contributed by atoms with E-state index in [1.165, 1.54) is 16.9 Å². The van der Waals surface area contributed by atoms with Gasteiger partial charge in [-0.1, -0.05) is 50.6 Å². The molecule has 4 rings (SSSR count). The number of carbonyl (C=O) groups excluding carboxylic acids is 2. The van der Waals surface area contributed by atoms with Gasteiger partial charge in [-0.3, -0.25) is 10.1 Å². The van der Waals surface area contributed by atoms with Gasteiger partial charge in [0.1, 0.15) is 0 Å². The van der Waals surface area contributed by atoms with Gasteiger partial charge in [-0.25, -0.2) is 9.79 Å². The third-order valence-electron chi connectivity index (χ3n) is 6.52. The Morgan fingerprint density at radius 2 is 2.03 bits per heavy atom. The van der Waals surface area contributed by atoms with Crippen molar-refractivity contribution in [3.8, 4) is 0 Å². The van der Waals surface area contributed by atoms with Gasteiger partial charge in [0.25, 0.3) is 5.91 Å². The average molecular weight is 412 g/mol. The molecule has 4 atom stereocenters. The van der Waals surface area contributed by atoms with Gasteiger partial charge in [-0.15, -0.1) is 0 Å². The van der Waals surface area contributed by atoms with Crippen molar-refractivity contribution in [1.82, 2.24) is 20.4 Å². The van der Waals surface area contributed by atoms with Crippen LogP contribution >= 0.6 is 0 Å². The van der Waals surface area contributed by atoms with Gasteiger partial charge < -0.3 is 15.1 Å². The van der Waals surface area contributed by atoms with Crippen molar-refractivity contribution in [2.24, 2.45) is 16.3 Å². The minimum Gasteiger partial charge on any atom is -0.353 e. The van der Waals surface area contributed by atoms with Gasteiger partial charge >= 0.3 is 6.03 Å². The molecule has 1 saturated heterocycles. The second-order valence-corrected chi connectivity index (χ2v) is 10.1. The third-order valence-corrected chi connectivity index (χ3v) is 6.52. The topological polar surface area (TPSA) is 77.0 Å². The second kappa shape index (κ2) is 7.60. The lowest BCUT2D eigenvalue weighted by molar-refractivity contribution is -0.127. The molecule has 3 aliphatic rings. The van der Waals surface area contributed by atoms with E-state index in [-0.39, 0.29) is 11.3 Å². The molecule has 2 heterocycles. The number of hydrogen-bond donors (Lipinski definition) is 2. The molecular formula is C23H33N5O2. The SMILES string of the molecule is Cc1cccc(CN2C(NC3CC(C)CC(C)(C)C3)=NC3C2C(=O)NC(=O)N3C)c1. The quantitative estimate of drug-likeness (QED) is 0.802. The summed E-state index contributed by atoms with van der Waals surface area (Å²) in [4.78, 5) is 33.3. The van der Waals surface area contributed by atoms with Crippen LogP contribution in [-0.2, 0) is 11.3 Å². The molecular weight excluding hydrogens is 378 g/mol. The van der Waals surface area contributed by atoms with Crippen molar-refractivity contribution in [1.29, 1.82) is 0 Å². The Morgan fingerprint density at radius 3 is 2.73 bits per heavy atom. The zero-order valence-electron chi connectivity index (χ0n) is 18.6. The summed E-state index contributed by atoms with van der Waals surface area (Å²) in [5.74, 6) is 1.07. The van der Waals surface area contributed by atoms with Gasteiger partial charge in [-0.05, 0) is 43.1 Å². The Hall–Kier alpha value is -2.57. The number of fused-ring (bicyclic) bond motifs is 1. The average Bonchev–Trinajstić information content (AvgIpc) is 2.97. The molecule has 30 heavy (non-hydrogen) atoms. The number of hydrogen-bond acceptors (Lipinski definition) is 5. The first kappa shape index (κ1) is 20.7. The van der Waals surface area contributed by atoms with Crippen molar-refractivity contribution in [2.75, 3.05) is 7.05 Å². The fourth-order valence-corrected chi connectivity index (χ4v) is 5.46. The molecule has 0 aromatic heterocycles. The minimum absolute atomic E-state index is 0.271. The highest BCUT2D eigenvalue weighted by Crippen LogP contribution is 2.39. The maximum Gasteiger partial charge on any atom is 0.325 e. The molecule has 1 aromatic rings. The van der Waals surface area contributed by atoms with E-state index >= 15 is 0 Å². The normalized spacial score (nSPS) is 30.6. The minimum atomic E-state index is -0.523. The predicted octanol–water partition coefficient (Wildman–Crippen LogP) is 2.85. The number of likely N-dealkylation sites (N-methyl/N-ethyl adjacent to an activating group) is 1. The van der Waals surface area contributed by atoms with E-state index in [1.807, 2.05) is 11.0 Å². The van der Waals surface area contributed by atoms with Crippen molar-refractivity contribution in [3.63, 3.8) is 0 Å². The van der Waals surface area contributed by atoms with E-state index in [9.17, 15) is 9.59 Å². The molecule has 162 valence electrons. The van der Waals surface area contributed by atoms with Crippen LogP contribution in [0.5, 0.6) is 0 Å². The Morgan fingerprint density at radius 1 is 1.27 bits per heavy atom. The molecule has 4 unspecified atom stereocenters. The summed E-state index contributed by atoms with van der Waals surface area (Å²) in [6.07, 6.45) is 2.85. The number of rotatable bonds is 3. The number of amides is 3. The van der Waals surface area contributed by atoms with Crippen LogP contribution in [0.3, 0.4) is 0 Å². The standard InChI is InChI=1S/C23H33N5O2/c1-14-7-6-8-16(9-14)13-28-18-19(27(5)22(30)26-20(18)29)25-21(28)24-17-10-15(2)11-23(3,4)12-17/h6-9,15,17-19H,10-13H2,1-5H3,(H,24,25)(H,26,29,30). The molecule has 2 fully saturated rings. The molecule has 1 saturated carbocycles. The van der Waals surface area contributed by atoms with E-state index < -0.39 is 18.2 Å². The molecule has 7 heteroatoms. The van der Waals surface area contributed by atoms with E-state index in [0.29, 0.717) is 18.5 Å². The number of urea groups is 1. The lowest BCUT2D eigenvalue weighted by Gasteiger charge is -2.41. The smallest absolute Gasteiger partial charge is 0.325 e. The largest absolute Gasteiger partial charge is 0.353 e. The van der Waals surface area contributed by atoms with Gasteiger partial charge in [0.2, 0.25) is 0 Å². The van der Waals surface area contributed by atoms with Crippen molar-refractivity contribution in [2.45, 2.75) is 71.8 Å². The molecule has 7 nitrogen and oxygen atoms in total. The van der Waals surface area contributed by atoms with E-state index in [0.717, 1.165) is 24.4 Å². The van der Waals surface area contributed by atoms with E-state index in [1.54, 1.807) is 7.05 Å². The second-order valence-electron chi connectivity index (χ2n) is 10.1. The molecule has 1 aliphatic carbocycles. The first-order chi connectivity index (χ1) is 14.1. The van der Waals surface area contributed by atoms with Crippen LogP contribution < -0.4 is 10.6 Å². The predicted molar refractivity (Wildman–Crippen MR) is 117 cm³/mol. The fourth-order valence-electron chi connectivity index (χ4n) is 5.46. The number of imide groups is 1. The number of carbonyl (C=O) groups is 2. The van der Waals surface area contributed by atoms with Gasteiger partial charge in [-0.2, -0.15) is 0 Å². The maximum atomic E-state index is 12.8. The van der Waals surface area contributed by atoms with Crippen LogP contribution in [0.25, 0.3) is 0 Å². The molecule has 2 N–H and O–H groups in total. The van der Waals surface area contributed by atoms with Crippen molar-refractivity contribution < 1.29 is 9.59 Å². The van der Waals surface area contributed by atoms with Crippen LogP contribution in [0.15, 0.2) is 29.3 Å². The number of benzene rings is 1. The highest BCUT2D eigenvalue weighted by atomic mass is 16.2. The lowest BCUT2D eigenvalue weighted by Crippen LogP contribution is -2.64. The van der Waals surface area contributed by atoms with Gasteiger partial charge in [0, 0.05) is 19.6 Å². The van der Waals surface area contributed by atoms with Crippen LogP contribution in [0, 0.1) is 18.3 Å². The van der Waals surface area contributed by atoms with Crippen LogP contribution in [0.1, 0.15) is 51.2 Å². The number of aliphatic imine (C=N–C) groups is 1. The molecule has 0 bridgehead atoms. The van der Waals surface area contributed by atoms with Crippen LogP contribution in [0.4, 0.5) is 4.79 Å².